The molecule has 1 fully saturated rings. The van der Waals surface area contributed by atoms with Crippen molar-refractivity contribution in [2.24, 2.45) is 0 Å². The topological polar surface area (TPSA) is 156 Å². The summed E-state index contributed by atoms with van der Waals surface area (Å²) in [7, 11) is 0. The Labute approximate surface area is 222 Å². The molecule has 0 bridgehead atoms. The third-order valence-corrected chi connectivity index (χ3v) is 6.23. The van der Waals surface area contributed by atoms with Gasteiger partial charge in [0.1, 0.15) is 12.7 Å². The molecule has 0 radical (unpaired) electrons. The number of ketones is 1. The van der Waals surface area contributed by atoms with Crippen LogP contribution in [0, 0.1) is 6.92 Å². The van der Waals surface area contributed by atoms with E-state index in [0.717, 1.165) is 37.7 Å². The van der Waals surface area contributed by atoms with Crippen LogP contribution < -0.4 is 5.32 Å². The fraction of sp³-hybridized carbons (Fsp3) is 0.440. The summed E-state index contributed by atoms with van der Waals surface area (Å²) in [6.45, 7) is 6.17. The second kappa shape index (κ2) is 12.6. The Morgan fingerprint density at radius 2 is 1.45 bits per heavy atom. The molecule has 1 aliphatic heterocycles. The van der Waals surface area contributed by atoms with Gasteiger partial charge in [-0.05, 0) is 6.92 Å². The number of benzene rings is 1. The number of rotatable bonds is 9. The molecule has 13 heteroatoms. The summed E-state index contributed by atoms with van der Waals surface area (Å²) in [4.78, 5) is 64.7. The number of hydrogen-bond acceptors (Lipinski definition) is 13. The summed E-state index contributed by atoms with van der Waals surface area (Å²) in [5, 5.41) is 3.19. The van der Waals surface area contributed by atoms with Gasteiger partial charge in [-0.15, -0.1) is 0 Å². The van der Waals surface area contributed by atoms with E-state index in [4.69, 9.17) is 23.7 Å². The minimum Gasteiger partial charge on any atom is -0.463 e. The normalized spacial score (nSPS) is 22.6. The Bertz CT molecular complexity index is 1200. The highest BCUT2D eigenvalue weighted by atomic mass is 32.1. The van der Waals surface area contributed by atoms with Crippen LogP contribution in [-0.4, -0.2) is 71.9 Å². The second-order valence-electron chi connectivity index (χ2n) is 8.49. The maximum atomic E-state index is 12.9. The first-order valence-electron chi connectivity index (χ1n) is 11.6. The number of nitrogens with one attached hydrogen (secondary N) is 1. The highest BCUT2D eigenvalue weighted by molar-refractivity contribution is 7.17. The average Bonchev–Trinajstić information content (AvgIpc) is 3.29. The van der Waals surface area contributed by atoms with Gasteiger partial charge in [0.15, 0.2) is 29.7 Å². The van der Waals surface area contributed by atoms with Crippen molar-refractivity contribution >= 4 is 46.1 Å². The minimum atomic E-state index is -1.32. The first-order chi connectivity index (χ1) is 17.9. The van der Waals surface area contributed by atoms with Crippen molar-refractivity contribution in [2.45, 2.75) is 65.3 Å². The molecular formula is C25H28N2O10S. The molecule has 1 aromatic carbocycles. The number of carbonyl (C=O) groups excluding carboxylic acids is 5. The molecule has 0 unspecified atom stereocenters. The molecule has 0 saturated carbocycles. The summed E-state index contributed by atoms with van der Waals surface area (Å²) in [6.07, 6.45) is -4.79. The van der Waals surface area contributed by atoms with E-state index in [2.05, 4.69) is 10.3 Å². The molecule has 0 aliphatic carbocycles. The van der Waals surface area contributed by atoms with Crippen LogP contribution in [0.15, 0.2) is 30.5 Å². The maximum Gasteiger partial charge on any atom is 0.303 e. The predicted molar refractivity (Wildman–Crippen MR) is 132 cm³/mol. The number of anilines is 1. The largest absolute Gasteiger partial charge is 0.463 e. The maximum absolute atomic E-state index is 12.9. The van der Waals surface area contributed by atoms with E-state index in [1.54, 1.807) is 12.1 Å². The van der Waals surface area contributed by atoms with Crippen LogP contribution in [0.5, 0.6) is 0 Å². The summed E-state index contributed by atoms with van der Waals surface area (Å²) in [5.74, 6) is -3.05. The van der Waals surface area contributed by atoms with Gasteiger partial charge < -0.3 is 29.0 Å². The zero-order valence-corrected chi connectivity index (χ0v) is 22.2. The van der Waals surface area contributed by atoms with Crippen molar-refractivity contribution in [3.8, 4) is 0 Å². The van der Waals surface area contributed by atoms with Gasteiger partial charge in [0.2, 0.25) is 5.78 Å². The number of thiazole rings is 1. The van der Waals surface area contributed by atoms with Crippen molar-refractivity contribution in [1.29, 1.82) is 0 Å². The molecular weight excluding hydrogens is 520 g/mol. The first-order valence-corrected chi connectivity index (χ1v) is 12.4. The molecule has 3 rings (SSSR count). The Hall–Kier alpha value is -3.84. The molecule has 12 nitrogen and oxygen atoms in total. The highest BCUT2D eigenvalue weighted by Gasteiger charge is 2.52. The molecule has 1 aliphatic rings. The van der Waals surface area contributed by atoms with Gasteiger partial charge in [0.25, 0.3) is 0 Å². The van der Waals surface area contributed by atoms with E-state index in [1.807, 2.05) is 19.1 Å². The van der Waals surface area contributed by atoms with Gasteiger partial charge in [-0.2, -0.15) is 0 Å². The molecule has 1 aromatic heterocycles. The van der Waals surface area contributed by atoms with Gasteiger partial charge in [-0.3, -0.25) is 24.0 Å². The molecule has 2 aromatic rings. The van der Waals surface area contributed by atoms with Crippen molar-refractivity contribution in [1.82, 2.24) is 4.98 Å². The third kappa shape index (κ3) is 7.59. The van der Waals surface area contributed by atoms with E-state index in [1.165, 1.54) is 13.1 Å². The van der Waals surface area contributed by atoms with Crippen LogP contribution in [0.2, 0.25) is 0 Å². The molecule has 0 spiro atoms. The lowest BCUT2D eigenvalue weighted by molar-refractivity contribution is -0.247. The zero-order valence-electron chi connectivity index (χ0n) is 21.4. The SMILES string of the molecule is CC(=O)OC[C@H]1O[C@@H](Nc2ncc(C(=O)c3ccc(C)cc3)s2)[C@@H](OC(C)=O)[C@@H](OC(C)=O)[C@@H]1OC(C)=O. The van der Waals surface area contributed by atoms with Crippen molar-refractivity contribution in [3.63, 3.8) is 0 Å². The quantitative estimate of drug-likeness (QED) is 0.277. The van der Waals surface area contributed by atoms with Crippen LogP contribution in [0.4, 0.5) is 5.13 Å². The van der Waals surface area contributed by atoms with Gasteiger partial charge in [0.05, 0.1) is 11.1 Å². The smallest absolute Gasteiger partial charge is 0.303 e. The molecule has 204 valence electrons. The standard InChI is InChI=1S/C25H28N2O10S/c1-12-6-8-17(9-7-12)20(32)19-10-26-25(38-19)27-24-23(36-16(5)31)22(35-15(4)30)21(34-14(3)29)18(37-24)11-33-13(2)28/h6-10,18,21-24H,11H2,1-5H3,(H,26,27)/t18-,21-,22+,23+,24-/m1/s1. The summed E-state index contributed by atoms with van der Waals surface area (Å²) < 4.78 is 27.2. The van der Waals surface area contributed by atoms with Crippen LogP contribution in [0.25, 0.3) is 0 Å². The van der Waals surface area contributed by atoms with Crippen molar-refractivity contribution < 1.29 is 47.7 Å². The van der Waals surface area contributed by atoms with Gasteiger partial charge in [-0.1, -0.05) is 41.2 Å². The third-order valence-electron chi connectivity index (χ3n) is 5.30. The summed E-state index contributed by atoms with van der Waals surface area (Å²) in [6, 6.07) is 7.07. The number of aryl methyl sites for hydroxylation is 1. The lowest BCUT2D eigenvalue weighted by Crippen LogP contribution is -2.64. The van der Waals surface area contributed by atoms with Gasteiger partial charge in [0, 0.05) is 33.3 Å². The Kier molecular flexibility index (Phi) is 9.53. The second-order valence-corrected chi connectivity index (χ2v) is 9.52. The molecule has 1 saturated heterocycles. The fourth-order valence-electron chi connectivity index (χ4n) is 3.76. The lowest BCUT2D eigenvalue weighted by Gasteiger charge is -2.44. The zero-order chi connectivity index (χ0) is 28.0. The van der Waals surface area contributed by atoms with Crippen molar-refractivity contribution in [3.05, 3.63) is 46.5 Å². The van der Waals surface area contributed by atoms with Crippen molar-refractivity contribution in [2.75, 3.05) is 11.9 Å². The van der Waals surface area contributed by atoms with Crippen LogP contribution in [0.1, 0.15) is 48.5 Å². The first kappa shape index (κ1) is 28.7. The Balaban J connectivity index is 1.92. The Morgan fingerprint density at radius 1 is 0.868 bits per heavy atom. The monoisotopic (exact) mass is 548 g/mol. The summed E-state index contributed by atoms with van der Waals surface area (Å²) >= 11 is 1.03. The molecule has 0 amide bonds. The Morgan fingerprint density at radius 3 is 2.03 bits per heavy atom. The number of aromatic nitrogens is 1. The number of carbonyl (C=O) groups is 5. The molecule has 5 atom stereocenters. The van der Waals surface area contributed by atoms with Crippen LogP contribution in [-0.2, 0) is 42.9 Å². The minimum absolute atomic E-state index is 0.237. The number of ether oxygens (including phenoxy) is 5. The van der Waals surface area contributed by atoms with E-state index in [0.29, 0.717) is 10.4 Å². The lowest BCUT2D eigenvalue weighted by atomic mass is 9.97. The van der Waals surface area contributed by atoms with E-state index < -0.39 is 54.5 Å². The van der Waals surface area contributed by atoms with E-state index in [-0.39, 0.29) is 17.5 Å². The van der Waals surface area contributed by atoms with Gasteiger partial charge >= 0.3 is 23.9 Å². The number of esters is 4. The molecule has 2 heterocycles. The van der Waals surface area contributed by atoms with Gasteiger partial charge in [-0.25, -0.2) is 4.98 Å². The number of nitrogens with zero attached hydrogens (tertiary/aromatic N) is 1. The van der Waals surface area contributed by atoms with Crippen LogP contribution in [0.3, 0.4) is 0 Å². The van der Waals surface area contributed by atoms with E-state index >= 15 is 0 Å². The predicted octanol–water partition coefficient (Wildman–Crippen LogP) is 2.18. The molecule has 1 N–H and O–H groups in total. The number of hydrogen-bond donors (Lipinski definition) is 1. The fourth-order valence-corrected chi connectivity index (χ4v) is 4.56. The molecule has 38 heavy (non-hydrogen) atoms. The van der Waals surface area contributed by atoms with Crippen LogP contribution >= 0.6 is 11.3 Å². The average molecular weight is 549 g/mol. The highest BCUT2D eigenvalue weighted by Crippen LogP contribution is 2.31. The summed E-state index contributed by atoms with van der Waals surface area (Å²) in [5.41, 5.74) is 1.50. The van der Waals surface area contributed by atoms with E-state index in [9.17, 15) is 24.0 Å².